The lowest BCUT2D eigenvalue weighted by Crippen LogP contribution is -2.41. The van der Waals surface area contributed by atoms with Gasteiger partial charge in [0.15, 0.2) is 0 Å². The molecule has 0 fully saturated rings. The first-order valence-corrected chi connectivity index (χ1v) is 9.81. The smallest absolute Gasteiger partial charge is 0.355 e. The van der Waals surface area contributed by atoms with Crippen molar-refractivity contribution in [1.29, 1.82) is 5.26 Å². The first kappa shape index (κ1) is 23.2. The fourth-order valence-corrected chi connectivity index (χ4v) is 3.74. The summed E-state index contributed by atoms with van der Waals surface area (Å²) in [5, 5.41) is 10.1. The van der Waals surface area contributed by atoms with Crippen LogP contribution in [0.5, 0.6) is 11.5 Å². The number of allylic oxidation sites excluding steroid dienone is 1. The molecule has 0 aliphatic carbocycles. The van der Waals surface area contributed by atoms with Crippen LogP contribution in [0, 0.1) is 11.3 Å². The largest absolute Gasteiger partial charge is 0.497 e. The first-order valence-electron chi connectivity index (χ1n) is 9.81. The zero-order chi connectivity index (χ0) is 24.1. The maximum Gasteiger partial charge on any atom is 0.355 e. The van der Waals surface area contributed by atoms with E-state index in [9.17, 15) is 14.9 Å². The van der Waals surface area contributed by atoms with Crippen molar-refractivity contribution >= 4 is 17.6 Å². The molecule has 9 nitrogen and oxygen atoms in total. The molecule has 0 saturated heterocycles. The molecule has 2 aromatic carbocycles. The van der Waals surface area contributed by atoms with E-state index in [1.54, 1.807) is 48.5 Å². The normalized spacial score (nSPS) is 15.6. The second-order valence-corrected chi connectivity index (χ2v) is 6.87. The van der Waals surface area contributed by atoms with E-state index in [2.05, 4.69) is 6.07 Å². The van der Waals surface area contributed by atoms with Gasteiger partial charge in [-0.1, -0.05) is 30.3 Å². The number of carbonyl (C=O) groups is 2. The van der Waals surface area contributed by atoms with Gasteiger partial charge >= 0.3 is 11.9 Å². The Kier molecular flexibility index (Phi) is 6.88. The third kappa shape index (κ3) is 4.06. The van der Waals surface area contributed by atoms with E-state index in [1.807, 2.05) is 0 Å². The number of carbonyl (C=O) groups excluding carboxylic acids is 2. The van der Waals surface area contributed by atoms with Crippen LogP contribution in [0.4, 0.5) is 5.69 Å². The molecule has 1 aliphatic rings. The summed E-state index contributed by atoms with van der Waals surface area (Å²) in [5.41, 5.74) is 7.11. The molecule has 0 bridgehead atoms. The van der Waals surface area contributed by atoms with Gasteiger partial charge in [-0.25, -0.2) is 9.59 Å². The summed E-state index contributed by atoms with van der Waals surface area (Å²) >= 11 is 0. The first-order chi connectivity index (χ1) is 15.9. The monoisotopic (exact) mass is 449 g/mol. The van der Waals surface area contributed by atoms with E-state index >= 15 is 0 Å². The molecule has 1 aliphatic heterocycles. The molecule has 0 amide bonds. The molecule has 1 heterocycles. The Morgan fingerprint density at radius 2 is 1.64 bits per heavy atom. The van der Waals surface area contributed by atoms with Crippen molar-refractivity contribution in [2.24, 2.45) is 5.73 Å². The Morgan fingerprint density at radius 1 is 0.970 bits per heavy atom. The highest BCUT2D eigenvalue weighted by Gasteiger charge is 2.43. The van der Waals surface area contributed by atoms with E-state index in [1.165, 1.54) is 33.3 Å². The lowest BCUT2D eigenvalue weighted by molar-refractivity contribution is -0.139. The van der Waals surface area contributed by atoms with Crippen molar-refractivity contribution in [3.8, 4) is 17.6 Å². The van der Waals surface area contributed by atoms with Crippen molar-refractivity contribution in [3.63, 3.8) is 0 Å². The highest BCUT2D eigenvalue weighted by atomic mass is 16.5. The zero-order valence-corrected chi connectivity index (χ0v) is 18.6. The minimum Gasteiger partial charge on any atom is -0.497 e. The molecule has 2 aromatic rings. The van der Waals surface area contributed by atoms with Crippen LogP contribution < -0.4 is 20.1 Å². The highest BCUT2D eigenvalue weighted by Crippen LogP contribution is 2.45. The molecule has 0 saturated carbocycles. The van der Waals surface area contributed by atoms with Crippen LogP contribution in [0.25, 0.3) is 0 Å². The molecule has 170 valence electrons. The van der Waals surface area contributed by atoms with E-state index in [0.717, 1.165) is 0 Å². The fourth-order valence-electron chi connectivity index (χ4n) is 3.74. The van der Waals surface area contributed by atoms with Gasteiger partial charge < -0.3 is 24.7 Å². The van der Waals surface area contributed by atoms with Gasteiger partial charge in [-0.3, -0.25) is 4.90 Å². The summed E-state index contributed by atoms with van der Waals surface area (Å²) in [6.45, 7) is 0. The fraction of sp³-hybridized carbons (Fsp3) is 0.208. The Bertz CT molecular complexity index is 1180. The quantitative estimate of drug-likeness (QED) is 0.663. The number of methoxy groups -OCH3 is 4. The Hall–Kier alpha value is -4.45. The predicted octanol–water partition coefficient (Wildman–Crippen LogP) is 2.60. The van der Waals surface area contributed by atoms with Crippen molar-refractivity contribution in [3.05, 3.63) is 76.8 Å². The van der Waals surface area contributed by atoms with Gasteiger partial charge in [0.1, 0.15) is 23.0 Å². The van der Waals surface area contributed by atoms with Gasteiger partial charge in [-0.15, -0.1) is 0 Å². The average Bonchev–Trinajstić information content (AvgIpc) is 2.86. The summed E-state index contributed by atoms with van der Waals surface area (Å²) < 4.78 is 20.8. The molecular formula is C24H23N3O6. The van der Waals surface area contributed by atoms with Crippen molar-refractivity contribution in [2.75, 3.05) is 33.3 Å². The molecule has 9 heteroatoms. The van der Waals surface area contributed by atoms with Gasteiger partial charge in [0, 0.05) is 6.07 Å². The number of anilines is 1. The predicted molar refractivity (Wildman–Crippen MR) is 119 cm³/mol. The second kappa shape index (κ2) is 9.78. The van der Waals surface area contributed by atoms with Gasteiger partial charge in [0.2, 0.25) is 0 Å². The Balaban J connectivity index is 2.46. The average molecular weight is 449 g/mol. The van der Waals surface area contributed by atoms with Crippen LogP contribution in [0.1, 0.15) is 11.5 Å². The van der Waals surface area contributed by atoms with Gasteiger partial charge in [0.25, 0.3) is 0 Å². The molecule has 3 rings (SSSR count). The van der Waals surface area contributed by atoms with Crippen LogP contribution >= 0.6 is 0 Å². The number of nitriles is 1. The second-order valence-electron chi connectivity index (χ2n) is 6.87. The number of hydrogen-bond donors (Lipinski definition) is 1. The number of esters is 2. The maximum atomic E-state index is 13.1. The molecule has 33 heavy (non-hydrogen) atoms. The van der Waals surface area contributed by atoms with E-state index in [0.29, 0.717) is 17.1 Å². The van der Waals surface area contributed by atoms with E-state index < -0.39 is 17.9 Å². The van der Waals surface area contributed by atoms with Crippen molar-refractivity contribution < 1.29 is 28.5 Å². The lowest BCUT2D eigenvalue weighted by atomic mass is 9.81. The van der Waals surface area contributed by atoms with E-state index in [4.69, 9.17) is 24.7 Å². The summed E-state index contributed by atoms with van der Waals surface area (Å²) in [5.74, 6) is -1.92. The Morgan fingerprint density at radius 3 is 2.18 bits per heavy atom. The molecule has 2 N–H and O–H groups in total. The number of nitrogens with two attached hydrogens (primary N) is 1. The third-order valence-electron chi connectivity index (χ3n) is 5.24. The summed E-state index contributed by atoms with van der Waals surface area (Å²) in [6.07, 6.45) is 0. The Labute approximate surface area is 191 Å². The third-order valence-corrected chi connectivity index (χ3v) is 5.24. The van der Waals surface area contributed by atoms with Crippen LogP contribution in [-0.2, 0) is 19.1 Å². The highest BCUT2D eigenvalue weighted by molar-refractivity contribution is 6.06. The van der Waals surface area contributed by atoms with Crippen LogP contribution in [0.2, 0.25) is 0 Å². The number of nitrogens with zero attached hydrogens (tertiary/aromatic N) is 2. The number of ether oxygens (including phenoxy) is 4. The standard InChI is InChI=1S/C24H23N3O6/c1-30-15-10-11-18(31-2)17(12-15)27-21(24(29)33-4)20(23(28)32-3)19(16(13-25)22(27)26)14-8-6-5-7-9-14/h5-12,19H,26H2,1-4H3. The summed E-state index contributed by atoms with van der Waals surface area (Å²) in [4.78, 5) is 27.4. The van der Waals surface area contributed by atoms with Crippen molar-refractivity contribution in [1.82, 2.24) is 0 Å². The van der Waals surface area contributed by atoms with Crippen molar-refractivity contribution in [2.45, 2.75) is 5.92 Å². The summed E-state index contributed by atoms with van der Waals surface area (Å²) in [7, 11) is 5.29. The number of hydrogen-bond acceptors (Lipinski definition) is 9. The molecule has 0 spiro atoms. The van der Waals surface area contributed by atoms with E-state index in [-0.39, 0.29) is 28.4 Å². The minimum absolute atomic E-state index is 0.0547. The topological polar surface area (TPSA) is 124 Å². The van der Waals surface area contributed by atoms with Crippen LogP contribution in [0.3, 0.4) is 0 Å². The van der Waals surface area contributed by atoms with Gasteiger partial charge in [-0.05, 0) is 17.7 Å². The van der Waals surface area contributed by atoms with Crippen LogP contribution in [-0.4, -0.2) is 40.4 Å². The molecule has 1 atom stereocenters. The number of benzene rings is 2. The van der Waals surface area contributed by atoms with Crippen LogP contribution in [0.15, 0.2) is 71.2 Å². The zero-order valence-electron chi connectivity index (χ0n) is 18.6. The number of rotatable bonds is 6. The SMILES string of the molecule is COC(=O)C1=C(C(=O)OC)N(c2cc(OC)ccc2OC)C(N)=C(C#N)C1c1ccccc1. The molecule has 0 aromatic heterocycles. The lowest BCUT2D eigenvalue weighted by Gasteiger charge is -2.36. The molecule has 0 radical (unpaired) electrons. The summed E-state index contributed by atoms with van der Waals surface area (Å²) in [6, 6.07) is 15.7. The van der Waals surface area contributed by atoms with Gasteiger partial charge in [-0.2, -0.15) is 5.26 Å². The maximum absolute atomic E-state index is 13.1. The van der Waals surface area contributed by atoms with Gasteiger partial charge in [0.05, 0.1) is 57.3 Å². The minimum atomic E-state index is -0.953. The molecule has 1 unspecified atom stereocenters. The molecular weight excluding hydrogens is 426 g/mol.